The first-order valence-electron chi connectivity index (χ1n) is 5.75. The van der Waals surface area contributed by atoms with Crippen molar-refractivity contribution < 1.29 is 9.21 Å². The minimum Gasteiger partial charge on any atom is -0.456 e. The fourth-order valence-electron chi connectivity index (χ4n) is 1.71. The predicted molar refractivity (Wildman–Crippen MR) is 71.7 cm³/mol. The van der Waals surface area contributed by atoms with Crippen LogP contribution < -0.4 is 5.32 Å². The molecule has 7 heteroatoms. The van der Waals surface area contributed by atoms with E-state index in [0.717, 1.165) is 15.5 Å². The molecule has 6 nitrogen and oxygen atoms in total. The van der Waals surface area contributed by atoms with Gasteiger partial charge in [-0.1, -0.05) is 11.3 Å². The van der Waals surface area contributed by atoms with Crippen molar-refractivity contribution in [1.29, 1.82) is 0 Å². The van der Waals surface area contributed by atoms with Crippen LogP contribution in [0.3, 0.4) is 0 Å². The van der Waals surface area contributed by atoms with E-state index in [1.807, 2.05) is 13.8 Å². The normalized spacial score (nSPS) is 11.1. The first kappa shape index (κ1) is 11.9. The first-order valence-corrected chi connectivity index (χ1v) is 6.57. The molecular weight excluding hydrogens is 264 g/mol. The van der Waals surface area contributed by atoms with Crippen molar-refractivity contribution in [3.05, 3.63) is 34.2 Å². The molecule has 0 atom stereocenters. The van der Waals surface area contributed by atoms with E-state index < -0.39 is 0 Å². The minimum absolute atomic E-state index is 0.253. The Morgan fingerprint density at radius 1 is 1.37 bits per heavy atom. The number of aryl methyl sites for hydroxylation is 3. The van der Waals surface area contributed by atoms with Gasteiger partial charge in [0.2, 0.25) is 4.96 Å². The van der Waals surface area contributed by atoms with Gasteiger partial charge in [-0.2, -0.15) is 4.98 Å². The van der Waals surface area contributed by atoms with Crippen molar-refractivity contribution in [2.45, 2.75) is 20.8 Å². The fourth-order valence-corrected chi connectivity index (χ4v) is 2.62. The minimum atomic E-state index is -0.347. The molecular formula is C12H12N4O2S. The largest absolute Gasteiger partial charge is 0.456 e. The summed E-state index contributed by atoms with van der Waals surface area (Å²) in [5, 5.41) is 6.87. The van der Waals surface area contributed by atoms with E-state index in [1.165, 1.54) is 0 Å². The molecule has 3 heterocycles. The van der Waals surface area contributed by atoms with E-state index in [0.29, 0.717) is 5.76 Å². The molecule has 0 aliphatic heterocycles. The smallest absolute Gasteiger partial charge is 0.293 e. The number of nitrogens with one attached hydrogen (secondary N) is 1. The second-order valence-electron chi connectivity index (χ2n) is 4.24. The molecule has 0 saturated heterocycles. The maximum atomic E-state index is 11.9. The molecule has 0 saturated carbocycles. The zero-order valence-corrected chi connectivity index (χ0v) is 11.5. The summed E-state index contributed by atoms with van der Waals surface area (Å²) in [7, 11) is 0. The molecule has 3 aromatic heterocycles. The summed E-state index contributed by atoms with van der Waals surface area (Å²) >= 11 is 1.54. The van der Waals surface area contributed by atoms with Crippen molar-refractivity contribution in [2.24, 2.45) is 0 Å². The summed E-state index contributed by atoms with van der Waals surface area (Å²) in [5.74, 6) is 0.882. The van der Waals surface area contributed by atoms with Gasteiger partial charge in [0.05, 0.1) is 5.69 Å². The van der Waals surface area contributed by atoms with Gasteiger partial charge in [-0.25, -0.2) is 4.52 Å². The zero-order valence-electron chi connectivity index (χ0n) is 10.7. The molecule has 0 aliphatic carbocycles. The predicted octanol–water partition coefficient (Wildman–Crippen LogP) is 2.56. The summed E-state index contributed by atoms with van der Waals surface area (Å²) in [6.07, 6.45) is 0. The SMILES string of the molecule is Cc1ccc(C(=O)Nc2nc3sc(C)c(C)n3n2)o1. The van der Waals surface area contributed by atoms with Crippen molar-refractivity contribution in [1.82, 2.24) is 14.6 Å². The van der Waals surface area contributed by atoms with E-state index in [1.54, 1.807) is 34.9 Å². The van der Waals surface area contributed by atoms with Crippen LogP contribution in [0.5, 0.6) is 0 Å². The van der Waals surface area contributed by atoms with Crippen LogP contribution in [0.1, 0.15) is 26.9 Å². The number of rotatable bonds is 2. The number of amides is 1. The fraction of sp³-hybridized carbons (Fsp3) is 0.250. The second-order valence-corrected chi connectivity index (χ2v) is 5.42. The Morgan fingerprint density at radius 2 is 2.16 bits per heavy atom. The lowest BCUT2D eigenvalue weighted by Crippen LogP contribution is -2.12. The van der Waals surface area contributed by atoms with Gasteiger partial charge in [-0.05, 0) is 32.9 Å². The molecule has 98 valence electrons. The van der Waals surface area contributed by atoms with Gasteiger partial charge >= 0.3 is 0 Å². The monoisotopic (exact) mass is 276 g/mol. The molecule has 0 fully saturated rings. The maximum absolute atomic E-state index is 11.9. The molecule has 3 rings (SSSR count). The Morgan fingerprint density at radius 3 is 2.79 bits per heavy atom. The lowest BCUT2D eigenvalue weighted by molar-refractivity contribution is 0.0994. The Balaban J connectivity index is 1.87. The summed E-state index contributed by atoms with van der Waals surface area (Å²) in [6.45, 7) is 5.77. The third-order valence-electron chi connectivity index (χ3n) is 2.84. The third-order valence-corrected chi connectivity index (χ3v) is 3.89. The number of anilines is 1. The number of carbonyl (C=O) groups excluding carboxylic acids is 1. The topological polar surface area (TPSA) is 72.4 Å². The number of fused-ring (bicyclic) bond motifs is 1. The number of aromatic nitrogens is 3. The van der Waals surface area contributed by atoms with E-state index >= 15 is 0 Å². The van der Waals surface area contributed by atoms with Crippen LogP contribution in [0.25, 0.3) is 4.96 Å². The molecule has 0 spiro atoms. The van der Waals surface area contributed by atoms with Crippen LogP contribution >= 0.6 is 11.3 Å². The highest BCUT2D eigenvalue weighted by molar-refractivity contribution is 7.17. The van der Waals surface area contributed by atoms with Gasteiger partial charge in [0, 0.05) is 4.88 Å². The van der Waals surface area contributed by atoms with Crippen molar-refractivity contribution in [2.75, 3.05) is 5.32 Å². The number of hydrogen-bond donors (Lipinski definition) is 1. The van der Waals surface area contributed by atoms with Crippen LogP contribution in [0.15, 0.2) is 16.5 Å². The van der Waals surface area contributed by atoms with E-state index in [4.69, 9.17) is 4.42 Å². The summed E-state index contributed by atoms with van der Waals surface area (Å²) in [5.41, 5.74) is 1.03. The lowest BCUT2D eigenvalue weighted by atomic mass is 10.4. The number of thiazole rings is 1. The van der Waals surface area contributed by atoms with Gasteiger partial charge in [0.1, 0.15) is 5.76 Å². The molecule has 1 N–H and O–H groups in total. The quantitative estimate of drug-likeness (QED) is 0.780. The molecule has 0 unspecified atom stereocenters. The van der Waals surface area contributed by atoms with E-state index in [2.05, 4.69) is 15.4 Å². The molecule has 1 amide bonds. The summed E-state index contributed by atoms with van der Waals surface area (Å²) in [4.78, 5) is 18.1. The number of furan rings is 1. The molecule has 3 aromatic rings. The Labute approximate surface area is 113 Å². The molecule has 19 heavy (non-hydrogen) atoms. The van der Waals surface area contributed by atoms with Gasteiger partial charge in [-0.3, -0.25) is 10.1 Å². The van der Waals surface area contributed by atoms with Gasteiger partial charge in [0.25, 0.3) is 11.9 Å². The molecule has 0 radical (unpaired) electrons. The number of nitrogens with zero attached hydrogens (tertiary/aromatic N) is 3. The average molecular weight is 276 g/mol. The highest BCUT2D eigenvalue weighted by Crippen LogP contribution is 2.21. The highest BCUT2D eigenvalue weighted by Gasteiger charge is 2.15. The summed E-state index contributed by atoms with van der Waals surface area (Å²) < 4.78 is 6.97. The summed E-state index contributed by atoms with van der Waals surface area (Å²) in [6, 6.07) is 3.36. The first-order chi connectivity index (χ1) is 9.04. The molecule has 0 aliphatic rings. The van der Waals surface area contributed by atoms with Gasteiger partial charge in [-0.15, -0.1) is 5.10 Å². The molecule has 0 aromatic carbocycles. The Hall–Kier alpha value is -2.15. The van der Waals surface area contributed by atoms with Crippen LogP contribution in [0, 0.1) is 20.8 Å². The van der Waals surface area contributed by atoms with Gasteiger partial charge in [0.15, 0.2) is 5.76 Å². The second kappa shape index (κ2) is 4.20. The van der Waals surface area contributed by atoms with Crippen LogP contribution in [-0.4, -0.2) is 20.5 Å². The third kappa shape index (κ3) is 2.01. The average Bonchev–Trinajstić information content (AvgIpc) is 3.00. The van der Waals surface area contributed by atoms with Crippen molar-refractivity contribution in [3.63, 3.8) is 0 Å². The molecule has 0 bridgehead atoms. The Kier molecular flexibility index (Phi) is 2.63. The highest BCUT2D eigenvalue weighted by atomic mass is 32.1. The number of hydrogen-bond acceptors (Lipinski definition) is 5. The van der Waals surface area contributed by atoms with E-state index in [9.17, 15) is 4.79 Å². The van der Waals surface area contributed by atoms with Gasteiger partial charge < -0.3 is 4.42 Å². The standard InChI is InChI=1S/C12H12N4O2S/c1-6-4-5-9(18-6)10(17)13-11-14-12-16(15-11)7(2)8(3)19-12/h4-5H,1-3H3,(H,13,15,17). The van der Waals surface area contributed by atoms with E-state index in [-0.39, 0.29) is 17.6 Å². The van der Waals surface area contributed by atoms with Crippen LogP contribution in [0.4, 0.5) is 5.95 Å². The lowest BCUT2D eigenvalue weighted by Gasteiger charge is -1.96. The van der Waals surface area contributed by atoms with Crippen LogP contribution in [-0.2, 0) is 0 Å². The zero-order chi connectivity index (χ0) is 13.6. The van der Waals surface area contributed by atoms with Crippen molar-refractivity contribution >= 4 is 28.2 Å². The maximum Gasteiger partial charge on any atom is 0.293 e. The number of carbonyl (C=O) groups is 1. The van der Waals surface area contributed by atoms with Crippen LogP contribution in [0.2, 0.25) is 0 Å². The Bertz CT molecular complexity index is 768. The van der Waals surface area contributed by atoms with Crippen molar-refractivity contribution in [3.8, 4) is 0 Å².